The lowest BCUT2D eigenvalue weighted by atomic mass is 9.85. The van der Waals surface area contributed by atoms with Crippen LogP contribution in [0, 0.1) is 11.6 Å². The van der Waals surface area contributed by atoms with E-state index in [1.807, 2.05) is 19.2 Å². The maximum Gasteiger partial charge on any atom is 0.137 e. The Hall–Kier alpha value is -2.66. The van der Waals surface area contributed by atoms with Crippen LogP contribution in [0.4, 0.5) is 8.78 Å². The first kappa shape index (κ1) is 16.8. The molecule has 1 aliphatic heterocycles. The monoisotopic (exact) mass is 351 g/mol. The van der Waals surface area contributed by atoms with E-state index in [9.17, 15) is 4.39 Å². The summed E-state index contributed by atoms with van der Waals surface area (Å²) in [5.74, 6) is -0.562. The van der Waals surface area contributed by atoms with E-state index in [2.05, 4.69) is 15.1 Å². The molecule has 1 aromatic heterocycles. The number of hydrogen-bond acceptors (Lipinski definition) is 3. The molecule has 2 aromatic carbocycles. The van der Waals surface area contributed by atoms with Gasteiger partial charge in [0.05, 0.1) is 5.69 Å². The molecule has 0 amide bonds. The number of benzene rings is 2. The van der Waals surface area contributed by atoms with E-state index in [1.54, 1.807) is 36.5 Å². The third kappa shape index (κ3) is 3.10. The van der Waals surface area contributed by atoms with Gasteiger partial charge in [0.1, 0.15) is 11.6 Å². The summed E-state index contributed by atoms with van der Waals surface area (Å²) in [7, 11) is 1.98. The number of rotatable bonds is 2. The SMILES string of the molecule is CN1CCC(c2cccc(F)c2)c2ccc(-c3cccnn3)c(F)c2C1. The third-order valence-electron chi connectivity index (χ3n) is 4.98. The maximum atomic E-state index is 15.4. The van der Waals surface area contributed by atoms with Gasteiger partial charge in [0.25, 0.3) is 0 Å². The van der Waals surface area contributed by atoms with E-state index in [1.165, 1.54) is 6.07 Å². The molecule has 0 bridgehead atoms. The molecule has 26 heavy (non-hydrogen) atoms. The molecule has 0 radical (unpaired) electrons. The third-order valence-corrected chi connectivity index (χ3v) is 4.98. The highest BCUT2D eigenvalue weighted by molar-refractivity contribution is 5.62. The zero-order chi connectivity index (χ0) is 18.1. The van der Waals surface area contributed by atoms with E-state index in [-0.39, 0.29) is 17.6 Å². The van der Waals surface area contributed by atoms with Crippen molar-refractivity contribution in [3.63, 3.8) is 0 Å². The molecule has 0 spiro atoms. The van der Waals surface area contributed by atoms with Gasteiger partial charge in [-0.1, -0.05) is 18.2 Å². The van der Waals surface area contributed by atoms with Gasteiger partial charge in [-0.3, -0.25) is 0 Å². The molecule has 0 saturated heterocycles. The molecule has 0 fully saturated rings. The predicted molar refractivity (Wildman–Crippen MR) is 96.6 cm³/mol. The van der Waals surface area contributed by atoms with Crippen molar-refractivity contribution in [1.29, 1.82) is 0 Å². The summed E-state index contributed by atoms with van der Waals surface area (Å²) >= 11 is 0. The second-order valence-electron chi connectivity index (χ2n) is 6.74. The number of hydrogen-bond donors (Lipinski definition) is 0. The molecule has 0 aliphatic carbocycles. The summed E-state index contributed by atoms with van der Waals surface area (Å²) in [6, 6.07) is 13.8. The largest absolute Gasteiger partial charge is 0.302 e. The van der Waals surface area contributed by atoms with Crippen LogP contribution in [0.1, 0.15) is 29.0 Å². The Bertz CT molecular complexity index is 928. The standard InChI is InChI=1S/C21H19F2N3/c1-26-11-9-16(14-4-2-5-15(22)12-14)17-7-8-18(21(23)19(17)13-26)20-6-3-10-24-25-20/h2-8,10,12,16H,9,11,13H2,1H3. The summed E-state index contributed by atoms with van der Waals surface area (Å²) in [5, 5.41) is 7.89. The molecule has 2 heterocycles. The van der Waals surface area contributed by atoms with Crippen molar-refractivity contribution in [3.05, 3.63) is 83.1 Å². The van der Waals surface area contributed by atoms with Crippen molar-refractivity contribution < 1.29 is 8.78 Å². The lowest BCUT2D eigenvalue weighted by Crippen LogP contribution is -2.18. The minimum Gasteiger partial charge on any atom is -0.302 e. The molecule has 5 heteroatoms. The van der Waals surface area contributed by atoms with Gasteiger partial charge in [-0.15, -0.1) is 0 Å². The minimum atomic E-state index is -0.266. The van der Waals surface area contributed by atoms with Crippen LogP contribution in [0.25, 0.3) is 11.3 Å². The lowest BCUT2D eigenvalue weighted by molar-refractivity contribution is 0.324. The topological polar surface area (TPSA) is 29.0 Å². The molecule has 1 aliphatic rings. The molecule has 1 atom stereocenters. The first-order valence-electron chi connectivity index (χ1n) is 8.67. The van der Waals surface area contributed by atoms with Crippen LogP contribution in [0.5, 0.6) is 0 Å². The van der Waals surface area contributed by atoms with E-state index in [0.29, 0.717) is 23.4 Å². The fourth-order valence-electron chi connectivity index (χ4n) is 3.69. The van der Waals surface area contributed by atoms with Crippen LogP contribution in [-0.4, -0.2) is 28.7 Å². The average molecular weight is 351 g/mol. The molecule has 132 valence electrons. The van der Waals surface area contributed by atoms with Crippen molar-refractivity contribution in [2.75, 3.05) is 13.6 Å². The van der Waals surface area contributed by atoms with E-state index in [4.69, 9.17) is 0 Å². The van der Waals surface area contributed by atoms with E-state index in [0.717, 1.165) is 24.1 Å². The Morgan fingerprint density at radius 2 is 1.96 bits per heavy atom. The summed E-state index contributed by atoms with van der Waals surface area (Å²) in [6.07, 6.45) is 2.38. The van der Waals surface area contributed by atoms with Crippen molar-refractivity contribution in [2.24, 2.45) is 0 Å². The number of halogens is 2. The highest BCUT2D eigenvalue weighted by atomic mass is 19.1. The molecule has 0 N–H and O–H groups in total. The Labute approximate surface area is 151 Å². The van der Waals surface area contributed by atoms with Gasteiger partial charge < -0.3 is 4.90 Å². The normalized spacial score (nSPS) is 17.6. The molecule has 0 saturated carbocycles. The van der Waals surface area contributed by atoms with Gasteiger partial charge in [-0.05, 0) is 61.5 Å². The van der Waals surface area contributed by atoms with E-state index < -0.39 is 0 Å². The minimum absolute atomic E-state index is 0.0314. The van der Waals surface area contributed by atoms with Gasteiger partial charge >= 0.3 is 0 Å². The zero-order valence-corrected chi connectivity index (χ0v) is 14.5. The van der Waals surface area contributed by atoms with Crippen LogP contribution in [0.15, 0.2) is 54.7 Å². The van der Waals surface area contributed by atoms with E-state index >= 15 is 4.39 Å². The van der Waals surface area contributed by atoms with Crippen LogP contribution in [-0.2, 0) is 6.54 Å². The Balaban J connectivity index is 1.86. The Morgan fingerprint density at radius 1 is 1.08 bits per heavy atom. The predicted octanol–water partition coefficient (Wildman–Crippen LogP) is 4.39. The van der Waals surface area contributed by atoms with Gasteiger partial charge in [0.2, 0.25) is 0 Å². The smallest absolute Gasteiger partial charge is 0.137 e. The van der Waals surface area contributed by atoms with Crippen LogP contribution < -0.4 is 0 Å². The van der Waals surface area contributed by atoms with Gasteiger partial charge in [-0.2, -0.15) is 10.2 Å². The van der Waals surface area contributed by atoms with Crippen molar-refractivity contribution in [3.8, 4) is 11.3 Å². The Morgan fingerprint density at radius 3 is 2.73 bits per heavy atom. The second-order valence-corrected chi connectivity index (χ2v) is 6.74. The molecule has 3 aromatic rings. The number of aromatic nitrogens is 2. The Kier molecular flexibility index (Phi) is 4.47. The fourth-order valence-corrected chi connectivity index (χ4v) is 3.69. The first-order chi connectivity index (χ1) is 12.6. The fraction of sp³-hybridized carbons (Fsp3) is 0.238. The van der Waals surface area contributed by atoms with Gasteiger partial charge in [0, 0.05) is 29.8 Å². The summed E-state index contributed by atoms with van der Waals surface area (Å²) in [4.78, 5) is 2.10. The zero-order valence-electron chi connectivity index (χ0n) is 14.5. The molecule has 1 unspecified atom stereocenters. The molecular weight excluding hydrogens is 332 g/mol. The van der Waals surface area contributed by atoms with Gasteiger partial charge in [0.15, 0.2) is 0 Å². The highest BCUT2D eigenvalue weighted by Gasteiger charge is 2.26. The number of nitrogens with zero attached hydrogens (tertiary/aromatic N) is 3. The maximum absolute atomic E-state index is 15.4. The second kappa shape index (κ2) is 6.92. The average Bonchev–Trinajstić information content (AvgIpc) is 2.82. The summed E-state index contributed by atoms with van der Waals surface area (Å²) in [5.41, 5.74) is 3.42. The van der Waals surface area contributed by atoms with Crippen LogP contribution in [0.2, 0.25) is 0 Å². The first-order valence-corrected chi connectivity index (χ1v) is 8.67. The highest BCUT2D eigenvalue weighted by Crippen LogP contribution is 2.37. The van der Waals surface area contributed by atoms with Gasteiger partial charge in [-0.25, -0.2) is 8.78 Å². The lowest BCUT2D eigenvalue weighted by Gasteiger charge is -2.19. The van der Waals surface area contributed by atoms with Crippen molar-refractivity contribution in [2.45, 2.75) is 18.9 Å². The van der Waals surface area contributed by atoms with Crippen LogP contribution in [0.3, 0.4) is 0 Å². The summed E-state index contributed by atoms with van der Waals surface area (Å²) in [6.45, 7) is 1.33. The summed E-state index contributed by atoms with van der Waals surface area (Å²) < 4.78 is 29.1. The quantitative estimate of drug-likeness (QED) is 0.686. The molecule has 3 nitrogen and oxygen atoms in total. The number of fused-ring (bicyclic) bond motifs is 1. The van der Waals surface area contributed by atoms with Crippen molar-refractivity contribution >= 4 is 0 Å². The van der Waals surface area contributed by atoms with Crippen LogP contribution >= 0.6 is 0 Å². The molecular formula is C21H19F2N3. The van der Waals surface area contributed by atoms with Crippen molar-refractivity contribution in [1.82, 2.24) is 15.1 Å². The molecule has 4 rings (SSSR count).